The van der Waals surface area contributed by atoms with Crippen molar-refractivity contribution in [3.8, 4) is 0 Å². The molecule has 5 N–H and O–H groups in total. The van der Waals surface area contributed by atoms with Crippen LogP contribution in [0.25, 0.3) is 0 Å². The topological polar surface area (TPSA) is 182 Å². The van der Waals surface area contributed by atoms with E-state index in [1.807, 2.05) is 0 Å². The van der Waals surface area contributed by atoms with Crippen LogP contribution in [-0.4, -0.2) is 104 Å². The second-order valence-electron chi connectivity index (χ2n) is 8.38. The van der Waals surface area contributed by atoms with Gasteiger partial charge in [-0.15, -0.1) is 0 Å². The fourth-order valence-electron chi connectivity index (χ4n) is 3.22. The number of ether oxygens (including phenoxy) is 5. The maximum absolute atomic E-state index is 12.9. The number of carbonyl (C=O) groups excluding carboxylic acids is 3. The molecule has 19 heteroatoms. The first-order valence-corrected chi connectivity index (χ1v) is 13.8. The third-order valence-electron chi connectivity index (χ3n) is 5.13. The highest BCUT2D eigenvalue weighted by molar-refractivity contribution is 6.68. The van der Waals surface area contributed by atoms with Gasteiger partial charge in [-0.3, -0.25) is 0 Å². The Balaban J connectivity index is 2.16. The zero-order valence-electron chi connectivity index (χ0n) is 20.8. The summed E-state index contributed by atoms with van der Waals surface area (Å²) in [5.41, 5.74) is 0.635. The lowest BCUT2D eigenvalue weighted by atomic mass is 9.97. The van der Waals surface area contributed by atoms with Gasteiger partial charge in [-0.25, -0.2) is 14.4 Å². The fourth-order valence-corrected chi connectivity index (χ4v) is 3.55. The summed E-state index contributed by atoms with van der Waals surface area (Å²) in [6.45, 7) is -2.95. The van der Waals surface area contributed by atoms with E-state index in [4.69, 9.17) is 93.3 Å². The first kappa shape index (κ1) is 36.0. The van der Waals surface area contributed by atoms with Gasteiger partial charge in [0.1, 0.15) is 44.2 Å². The molecule has 232 valence electrons. The van der Waals surface area contributed by atoms with Gasteiger partial charge in [0.15, 0.2) is 12.3 Å². The Kier molecular flexibility index (Phi) is 14.5. The number of esters is 1. The molecule has 1 saturated heterocycles. The summed E-state index contributed by atoms with van der Waals surface area (Å²) < 4.78 is 21.9. The Labute approximate surface area is 264 Å². The van der Waals surface area contributed by atoms with Crippen molar-refractivity contribution in [2.24, 2.45) is 0 Å². The normalized spacial score (nSPS) is 23.7. The molecule has 0 aliphatic carbocycles. The Morgan fingerprint density at radius 2 is 1.49 bits per heavy atom. The number of aliphatic hydroxyl groups is 3. The van der Waals surface area contributed by atoms with Gasteiger partial charge in [-0.05, 0) is 5.56 Å². The van der Waals surface area contributed by atoms with Crippen LogP contribution in [-0.2, 0) is 35.1 Å². The summed E-state index contributed by atoms with van der Waals surface area (Å²) in [6, 6.07) is 5.50. The lowest BCUT2D eigenvalue weighted by molar-refractivity contribution is -0.270. The molecular formula is C22H26Cl6N2O11. The van der Waals surface area contributed by atoms with Gasteiger partial charge >= 0.3 is 18.2 Å². The van der Waals surface area contributed by atoms with Gasteiger partial charge in [0.05, 0.1) is 13.2 Å². The monoisotopic (exact) mass is 704 g/mol. The number of carbonyl (C=O) groups is 3. The average Bonchev–Trinajstić information content (AvgIpc) is 2.90. The van der Waals surface area contributed by atoms with Crippen molar-refractivity contribution < 1.29 is 53.4 Å². The van der Waals surface area contributed by atoms with Crippen LogP contribution >= 0.6 is 69.6 Å². The highest BCUT2D eigenvalue weighted by atomic mass is 35.6. The maximum atomic E-state index is 12.9. The van der Waals surface area contributed by atoms with E-state index in [9.17, 15) is 29.7 Å². The van der Waals surface area contributed by atoms with Crippen LogP contribution in [0.5, 0.6) is 0 Å². The third-order valence-corrected chi connectivity index (χ3v) is 5.78. The van der Waals surface area contributed by atoms with E-state index in [2.05, 4.69) is 10.6 Å². The first-order chi connectivity index (χ1) is 19.1. The van der Waals surface area contributed by atoms with Crippen molar-refractivity contribution in [1.29, 1.82) is 0 Å². The molecule has 1 aliphatic heterocycles. The predicted molar refractivity (Wildman–Crippen MR) is 147 cm³/mol. The lowest BCUT2D eigenvalue weighted by Crippen LogP contribution is -2.65. The summed E-state index contributed by atoms with van der Waals surface area (Å²) in [7, 11) is 0. The van der Waals surface area contributed by atoms with Crippen molar-refractivity contribution in [1.82, 2.24) is 10.6 Å². The minimum absolute atomic E-state index is 0.169. The minimum atomic E-state index is -1.94. The van der Waals surface area contributed by atoms with Crippen LogP contribution in [0.4, 0.5) is 9.59 Å². The summed E-state index contributed by atoms with van der Waals surface area (Å²) >= 11 is 33.4. The number of rotatable bonds is 11. The van der Waals surface area contributed by atoms with Gasteiger partial charge in [0.2, 0.25) is 7.59 Å². The predicted octanol–water partition coefficient (Wildman–Crippen LogP) is 2.12. The van der Waals surface area contributed by atoms with Crippen molar-refractivity contribution in [2.45, 2.75) is 50.9 Å². The number of benzene rings is 1. The van der Waals surface area contributed by atoms with Gasteiger partial charge in [-0.1, -0.05) is 99.9 Å². The van der Waals surface area contributed by atoms with E-state index in [1.54, 1.807) is 30.3 Å². The Hall–Kier alpha value is -1.23. The summed E-state index contributed by atoms with van der Waals surface area (Å²) in [5, 5.41) is 34.8. The molecule has 1 heterocycles. The molecule has 0 aromatic heterocycles. The zero-order valence-corrected chi connectivity index (χ0v) is 25.3. The minimum Gasteiger partial charge on any atom is -0.459 e. The molecule has 13 nitrogen and oxygen atoms in total. The molecule has 1 aliphatic rings. The second kappa shape index (κ2) is 16.6. The van der Waals surface area contributed by atoms with Crippen molar-refractivity contribution >= 4 is 87.8 Å². The molecule has 0 radical (unpaired) electrons. The quantitative estimate of drug-likeness (QED) is 0.129. The molecule has 0 bridgehead atoms. The molecule has 6 atom stereocenters. The summed E-state index contributed by atoms with van der Waals surface area (Å²) in [6.07, 6.45) is -8.80. The number of hydrogen-bond acceptors (Lipinski definition) is 11. The number of amides is 2. The van der Waals surface area contributed by atoms with Crippen LogP contribution in [0, 0.1) is 0 Å². The molecule has 41 heavy (non-hydrogen) atoms. The third kappa shape index (κ3) is 13.3. The van der Waals surface area contributed by atoms with Crippen LogP contribution in [0.2, 0.25) is 0 Å². The first-order valence-electron chi connectivity index (χ1n) is 11.5. The Morgan fingerprint density at radius 1 is 0.902 bits per heavy atom. The van der Waals surface area contributed by atoms with Gasteiger partial charge in [0, 0.05) is 0 Å². The molecule has 0 saturated carbocycles. The van der Waals surface area contributed by atoms with E-state index in [1.165, 1.54) is 0 Å². The van der Waals surface area contributed by atoms with Crippen LogP contribution in [0.3, 0.4) is 0 Å². The van der Waals surface area contributed by atoms with Crippen molar-refractivity contribution in [2.75, 3.05) is 26.4 Å². The summed E-state index contributed by atoms with van der Waals surface area (Å²) in [4.78, 5) is 37.4. The molecule has 2 rings (SSSR count). The van der Waals surface area contributed by atoms with Crippen molar-refractivity contribution in [3.05, 3.63) is 35.9 Å². The molecule has 2 amide bonds. The Bertz CT molecular complexity index is 998. The number of alkyl carbamates (subject to hydrolysis) is 2. The smallest absolute Gasteiger partial charge is 0.408 e. The molecule has 1 fully saturated rings. The largest absolute Gasteiger partial charge is 0.459 e. The number of aliphatic hydroxyl groups excluding tert-OH is 3. The standard InChI is InChI=1S/C22H26Cl6N2O11/c23-21(24,25)9-39-19(35)29-12(17(34)37-7-11-4-2-1-3-5-11)8-38-18-14(16(33)15(32)13(6-31)41-18)30-20(36)40-10-22(26,27)28/h1-5,12-16,18,31-33H,6-10H2,(H,29,35)(H,30,36)/t12?,13?,14?,15-,16+,18+/m0/s1. The second-order valence-corrected chi connectivity index (χ2v) is 13.4. The highest BCUT2D eigenvalue weighted by Crippen LogP contribution is 2.27. The Morgan fingerprint density at radius 3 is 2.05 bits per heavy atom. The average molecular weight is 707 g/mol. The van der Waals surface area contributed by atoms with E-state index in [-0.39, 0.29) is 6.61 Å². The van der Waals surface area contributed by atoms with E-state index < -0.39 is 88.9 Å². The molecule has 1 aromatic rings. The molecular weight excluding hydrogens is 681 g/mol. The van der Waals surface area contributed by atoms with E-state index >= 15 is 0 Å². The van der Waals surface area contributed by atoms with Crippen LogP contribution < -0.4 is 10.6 Å². The fraction of sp³-hybridized carbons (Fsp3) is 0.591. The van der Waals surface area contributed by atoms with Gasteiger partial charge < -0.3 is 49.6 Å². The molecule has 0 spiro atoms. The highest BCUT2D eigenvalue weighted by Gasteiger charge is 2.46. The molecule has 3 unspecified atom stereocenters. The lowest BCUT2D eigenvalue weighted by Gasteiger charge is -2.42. The van der Waals surface area contributed by atoms with Crippen LogP contribution in [0.15, 0.2) is 30.3 Å². The summed E-state index contributed by atoms with van der Waals surface area (Å²) in [5.74, 6) is -0.985. The number of alkyl halides is 6. The molecule has 1 aromatic carbocycles. The number of nitrogens with one attached hydrogen (secondary N) is 2. The van der Waals surface area contributed by atoms with E-state index in [0.717, 1.165) is 0 Å². The van der Waals surface area contributed by atoms with Crippen LogP contribution in [0.1, 0.15) is 5.56 Å². The van der Waals surface area contributed by atoms with Gasteiger partial charge in [0.25, 0.3) is 0 Å². The zero-order chi connectivity index (χ0) is 30.8. The van der Waals surface area contributed by atoms with Crippen molar-refractivity contribution in [3.63, 3.8) is 0 Å². The maximum Gasteiger partial charge on any atom is 0.408 e. The SMILES string of the molecule is O=C(NC(CO[C@@H]1OC(CO)[C@H](O)[C@H](O)C1NC(=O)OCC(Cl)(Cl)Cl)C(=O)OCc1ccccc1)OCC(Cl)(Cl)Cl. The van der Waals surface area contributed by atoms with Gasteiger partial charge in [-0.2, -0.15) is 0 Å². The number of hydrogen-bond donors (Lipinski definition) is 5. The number of halogens is 6. The van der Waals surface area contributed by atoms with E-state index in [0.29, 0.717) is 5.56 Å².